The van der Waals surface area contributed by atoms with Crippen molar-refractivity contribution < 1.29 is 8.42 Å². The molecule has 17 heavy (non-hydrogen) atoms. The molecule has 1 heterocycles. The summed E-state index contributed by atoms with van der Waals surface area (Å²) in [6, 6.07) is 9.11. The standard InChI is InChI=1S/C11H17N3O2S/c12-14(11-6-2-1-3-7-11)10-17(15,16)13-8-4-5-9-13/h1-3,6-7H,4-5,8-10,12H2. The fourth-order valence-corrected chi connectivity index (χ4v) is 3.40. The van der Waals surface area contributed by atoms with E-state index in [1.54, 1.807) is 12.1 Å². The lowest BCUT2D eigenvalue weighted by atomic mass is 10.3. The van der Waals surface area contributed by atoms with Gasteiger partial charge in [-0.3, -0.25) is 5.01 Å². The molecule has 1 aromatic carbocycles. The number of hydrogen-bond acceptors (Lipinski definition) is 4. The van der Waals surface area contributed by atoms with E-state index in [0.29, 0.717) is 18.8 Å². The topological polar surface area (TPSA) is 66.6 Å². The number of nitrogens with two attached hydrogens (primary N) is 1. The van der Waals surface area contributed by atoms with Gasteiger partial charge in [-0.15, -0.1) is 0 Å². The van der Waals surface area contributed by atoms with Crippen LogP contribution in [-0.2, 0) is 10.0 Å². The largest absolute Gasteiger partial charge is 0.295 e. The summed E-state index contributed by atoms with van der Waals surface area (Å²) in [5.74, 6) is 5.61. The average molecular weight is 255 g/mol. The molecule has 1 aliphatic rings. The van der Waals surface area contributed by atoms with Crippen molar-refractivity contribution in [3.05, 3.63) is 30.3 Å². The van der Waals surface area contributed by atoms with Crippen LogP contribution in [0.5, 0.6) is 0 Å². The zero-order valence-corrected chi connectivity index (χ0v) is 10.4. The maximum atomic E-state index is 12.0. The number of hydrazine groups is 1. The monoisotopic (exact) mass is 255 g/mol. The van der Waals surface area contributed by atoms with Gasteiger partial charge in [-0.2, -0.15) is 0 Å². The van der Waals surface area contributed by atoms with Crippen molar-refractivity contribution in [3.8, 4) is 0 Å². The molecule has 1 aliphatic heterocycles. The van der Waals surface area contributed by atoms with E-state index in [1.807, 2.05) is 18.2 Å². The van der Waals surface area contributed by atoms with E-state index in [-0.39, 0.29) is 5.88 Å². The van der Waals surface area contributed by atoms with Crippen molar-refractivity contribution in [1.82, 2.24) is 4.31 Å². The quantitative estimate of drug-likeness (QED) is 0.637. The van der Waals surface area contributed by atoms with E-state index in [2.05, 4.69) is 0 Å². The molecular weight excluding hydrogens is 238 g/mol. The summed E-state index contributed by atoms with van der Waals surface area (Å²) < 4.78 is 25.6. The number of para-hydroxylation sites is 1. The van der Waals surface area contributed by atoms with E-state index < -0.39 is 10.0 Å². The first kappa shape index (κ1) is 12.3. The fraction of sp³-hybridized carbons (Fsp3) is 0.455. The number of nitrogens with zero attached hydrogens (tertiary/aromatic N) is 2. The van der Waals surface area contributed by atoms with Crippen molar-refractivity contribution >= 4 is 15.7 Å². The minimum Gasteiger partial charge on any atom is -0.295 e. The second-order valence-corrected chi connectivity index (χ2v) is 6.09. The average Bonchev–Trinajstić information content (AvgIpc) is 2.84. The predicted molar refractivity (Wildman–Crippen MR) is 67.7 cm³/mol. The summed E-state index contributed by atoms with van der Waals surface area (Å²) >= 11 is 0. The summed E-state index contributed by atoms with van der Waals surface area (Å²) in [4.78, 5) is 0. The molecule has 5 nitrogen and oxygen atoms in total. The third-order valence-corrected chi connectivity index (χ3v) is 4.60. The number of sulfonamides is 1. The van der Waals surface area contributed by atoms with Gasteiger partial charge in [0.2, 0.25) is 10.0 Å². The highest BCUT2D eigenvalue weighted by Crippen LogP contribution is 2.16. The maximum absolute atomic E-state index is 12.0. The highest BCUT2D eigenvalue weighted by Gasteiger charge is 2.26. The fourth-order valence-electron chi connectivity index (χ4n) is 1.92. The van der Waals surface area contributed by atoms with Gasteiger partial charge in [-0.05, 0) is 25.0 Å². The van der Waals surface area contributed by atoms with Gasteiger partial charge >= 0.3 is 0 Å². The molecule has 0 spiro atoms. The van der Waals surface area contributed by atoms with Crippen LogP contribution in [-0.4, -0.2) is 31.7 Å². The molecule has 0 aromatic heterocycles. The summed E-state index contributed by atoms with van der Waals surface area (Å²) in [5.41, 5.74) is 0.704. The molecular formula is C11H17N3O2S. The molecule has 0 radical (unpaired) electrons. The van der Waals surface area contributed by atoms with Crippen LogP contribution in [0.2, 0.25) is 0 Å². The Morgan fingerprint density at radius 1 is 1.18 bits per heavy atom. The van der Waals surface area contributed by atoms with Gasteiger partial charge in [0.05, 0.1) is 5.69 Å². The molecule has 6 heteroatoms. The molecule has 1 aromatic rings. The Kier molecular flexibility index (Phi) is 3.66. The lowest BCUT2D eigenvalue weighted by molar-refractivity contribution is 0.476. The van der Waals surface area contributed by atoms with E-state index in [0.717, 1.165) is 12.8 Å². The first-order chi connectivity index (χ1) is 8.09. The van der Waals surface area contributed by atoms with Crippen molar-refractivity contribution in [2.45, 2.75) is 12.8 Å². The van der Waals surface area contributed by atoms with Crippen LogP contribution in [0.4, 0.5) is 5.69 Å². The maximum Gasteiger partial charge on any atom is 0.233 e. The Labute approximate surface area is 102 Å². The normalized spacial score (nSPS) is 17.2. The summed E-state index contributed by atoms with van der Waals surface area (Å²) in [5, 5.41) is 1.27. The first-order valence-corrected chi connectivity index (χ1v) is 7.25. The second-order valence-electron chi connectivity index (χ2n) is 4.15. The van der Waals surface area contributed by atoms with Crippen LogP contribution < -0.4 is 10.9 Å². The van der Waals surface area contributed by atoms with Gasteiger partial charge < -0.3 is 0 Å². The van der Waals surface area contributed by atoms with Gasteiger partial charge in [0.15, 0.2) is 5.88 Å². The van der Waals surface area contributed by atoms with E-state index in [1.165, 1.54) is 9.31 Å². The van der Waals surface area contributed by atoms with E-state index in [4.69, 9.17) is 5.84 Å². The van der Waals surface area contributed by atoms with Gasteiger partial charge in [0.25, 0.3) is 0 Å². The van der Waals surface area contributed by atoms with Crippen LogP contribution in [0.1, 0.15) is 12.8 Å². The van der Waals surface area contributed by atoms with E-state index in [9.17, 15) is 8.42 Å². The smallest absolute Gasteiger partial charge is 0.233 e. The van der Waals surface area contributed by atoms with Crippen molar-refractivity contribution in [1.29, 1.82) is 0 Å². The van der Waals surface area contributed by atoms with Crippen LogP contribution in [0.25, 0.3) is 0 Å². The third kappa shape index (κ3) is 2.96. The van der Waals surface area contributed by atoms with Gasteiger partial charge in [-0.1, -0.05) is 18.2 Å². The Balaban J connectivity index is 2.05. The lowest BCUT2D eigenvalue weighted by Gasteiger charge is -2.22. The van der Waals surface area contributed by atoms with Crippen molar-refractivity contribution in [2.24, 2.45) is 5.84 Å². The molecule has 2 N–H and O–H groups in total. The molecule has 1 saturated heterocycles. The highest BCUT2D eigenvalue weighted by atomic mass is 32.2. The summed E-state index contributed by atoms with van der Waals surface area (Å²) in [6.07, 6.45) is 1.88. The van der Waals surface area contributed by atoms with Crippen LogP contribution >= 0.6 is 0 Å². The first-order valence-electron chi connectivity index (χ1n) is 5.65. The Bertz CT molecular complexity index is 455. The number of hydrogen-bond donors (Lipinski definition) is 1. The van der Waals surface area contributed by atoms with Crippen molar-refractivity contribution in [2.75, 3.05) is 24.0 Å². The minimum absolute atomic E-state index is 0.170. The molecule has 0 bridgehead atoms. The van der Waals surface area contributed by atoms with Gasteiger partial charge in [0, 0.05) is 13.1 Å². The van der Waals surface area contributed by atoms with Crippen LogP contribution in [0.15, 0.2) is 30.3 Å². The molecule has 1 fully saturated rings. The molecule has 0 atom stereocenters. The summed E-state index contributed by atoms with van der Waals surface area (Å²) in [7, 11) is -3.27. The molecule has 94 valence electrons. The molecule has 2 rings (SSSR count). The van der Waals surface area contributed by atoms with Crippen LogP contribution in [0, 0.1) is 0 Å². The number of anilines is 1. The SMILES string of the molecule is NN(CS(=O)(=O)N1CCCC1)c1ccccc1. The number of benzene rings is 1. The molecule has 0 aliphatic carbocycles. The molecule has 0 saturated carbocycles. The Morgan fingerprint density at radius 2 is 1.76 bits per heavy atom. The molecule has 0 amide bonds. The lowest BCUT2D eigenvalue weighted by Crippen LogP contribution is -2.42. The summed E-state index contributed by atoms with van der Waals surface area (Å²) in [6.45, 7) is 1.23. The number of rotatable bonds is 4. The highest BCUT2D eigenvalue weighted by molar-refractivity contribution is 7.89. The third-order valence-electron chi connectivity index (χ3n) is 2.85. The second kappa shape index (κ2) is 5.03. The van der Waals surface area contributed by atoms with Crippen molar-refractivity contribution in [3.63, 3.8) is 0 Å². The zero-order valence-electron chi connectivity index (χ0n) is 9.62. The van der Waals surface area contributed by atoms with Gasteiger partial charge in [-0.25, -0.2) is 18.6 Å². The van der Waals surface area contributed by atoms with Gasteiger partial charge in [0.1, 0.15) is 0 Å². The van der Waals surface area contributed by atoms with Crippen LogP contribution in [0.3, 0.4) is 0 Å². The Morgan fingerprint density at radius 3 is 2.35 bits per heavy atom. The van der Waals surface area contributed by atoms with E-state index >= 15 is 0 Å². The zero-order chi connectivity index (χ0) is 12.3. The minimum atomic E-state index is -3.27. The molecule has 0 unspecified atom stereocenters. The Hall–Kier alpha value is -1.11. The predicted octanol–water partition coefficient (Wildman–Crippen LogP) is 0.750.